The topological polar surface area (TPSA) is 337 Å². The molecule has 2 saturated heterocycles. The number of hydrogen-bond acceptors (Lipinski definition) is 11. The van der Waals surface area contributed by atoms with Gasteiger partial charge in [-0.15, -0.1) is 0 Å². The molecule has 0 bridgehead atoms. The van der Waals surface area contributed by atoms with E-state index in [0.717, 1.165) is 33.7 Å². The van der Waals surface area contributed by atoms with Crippen LogP contribution >= 0.6 is 0 Å². The molecule has 22 heteroatoms. The van der Waals surface area contributed by atoms with Crippen LogP contribution in [-0.4, -0.2) is 130 Å². The van der Waals surface area contributed by atoms with Crippen molar-refractivity contribution in [3.63, 3.8) is 0 Å². The number of nitrogens with two attached hydrogens (primary N) is 2. The number of ether oxygens (including phenoxy) is 1. The molecular formula is C52H68N14O8. The number of para-hydroxylation sites is 1. The van der Waals surface area contributed by atoms with Gasteiger partial charge in [-0.2, -0.15) is 0 Å². The monoisotopic (exact) mass is 1020 g/mol. The standard InChI is InChI=1S/C52H68N14O8/c1-3-4-13-38(61-30(2)67)46(69)63-40-18-19-44-51(74-44)57-22-21-56-45(68)42(25-34-27-59-37-14-8-7-12-36(34)37)65-47(70)39(15-9-20-58-52(53)54)62-49(72)41(24-31-16-17-32-10-5-6-11-33(32)23-31)64-50(73)43(66-48(40)71)26-35-28-55-29-60-35/h5-8,10-12,14,16-17,23,27-29,38-44,51,57,59H,3-4,9,13,15,18-22,24-26H2,1-2H3,(H,55,60)(H,56,68)(H,61,67)(H,62,72)(H,63,69)(H,64,73)(H,65,70)(H,66,71)(H4,53,54,58)/t38-,39-,40-,41+,42+,43?,44?,51?/m0/s1. The Morgan fingerprint density at radius 3 is 2.23 bits per heavy atom. The van der Waals surface area contributed by atoms with Crippen molar-refractivity contribution in [3.8, 4) is 0 Å². The lowest BCUT2D eigenvalue weighted by Gasteiger charge is -2.28. The fourth-order valence-corrected chi connectivity index (χ4v) is 9.09. The Balaban J connectivity index is 1.23. The van der Waals surface area contributed by atoms with E-state index in [2.05, 4.69) is 62.5 Å². The number of unbranched alkanes of at least 4 members (excludes halogenated alkanes) is 1. The number of benzene rings is 3. The fourth-order valence-electron chi connectivity index (χ4n) is 9.09. The second kappa shape index (κ2) is 26.2. The number of carbonyl (C=O) groups excluding carboxylic acids is 7. The summed E-state index contributed by atoms with van der Waals surface area (Å²) < 4.78 is 5.90. The molecule has 2 aliphatic heterocycles. The van der Waals surface area contributed by atoms with E-state index >= 15 is 0 Å². The first kappa shape index (κ1) is 53.9. The minimum absolute atomic E-state index is 0.0335. The van der Waals surface area contributed by atoms with E-state index < -0.39 is 83.8 Å². The van der Waals surface area contributed by atoms with Crippen LogP contribution in [-0.2, 0) is 57.6 Å². The van der Waals surface area contributed by atoms with Crippen LogP contribution in [0.1, 0.15) is 75.6 Å². The van der Waals surface area contributed by atoms with Crippen LogP contribution in [0.4, 0.5) is 0 Å². The van der Waals surface area contributed by atoms with Crippen LogP contribution in [0.25, 0.3) is 21.7 Å². The number of hydrogen-bond donors (Lipinski definition) is 12. The molecule has 2 aromatic heterocycles. The van der Waals surface area contributed by atoms with Crippen LogP contribution < -0.4 is 54.0 Å². The van der Waals surface area contributed by atoms with Crippen molar-refractivity contribution in [1.29, 1.82) is 0 Å². The van der Waals surface area contributed by atoms with Gasteiger partial charge in [0.25, 0.3) is 0 Å². The maximum Gasteiger partial charge on any atom is 0.243 e. The molecule has 5 aromatic rings. The highest BCUT2D eigenvalue weighted by atomic mass is 16.6. The third kappa shape index (κ3) is 15.6. The average Bonchev–Trinajstić information content (AvgIpc) is 3.68. The number of aromatic nitrogens is 3. The van der Waals surface area contributed by atoms with Gasteiger partial charge in [0.2, 0.25) is 41.4 Å². The smallest absolute Gasteiger partial charge is 0.243 e. The first-order chi connectivity index (χ1) is 35.7. The van der Waals surface area contributed by atoms with E-state index in [0.29, 0.717) is 30.5 Å². The second-order valence-corrected chi connectivity index (χ2v) is 18.8. The van der Waals surface area contributed by atoms with Crippen LogP contribution in [0.2, 0.25) is 0 Å². The molecule has 74 heavy (non-hydrogen) atoms. The van der Waals surface area contributed by atoms with Crippen LogP contribution in [0.3, 0.4) is 0 Å². The number of nitrogens with zero attached hydrogens (tertiary/aromatic N) is 2. The highest BCUT2D eigenvalue weighted by molar-refractivity contribution is 5.98. The number of fused-ring (bicyclic) bond motifs is 3. The highest BCUT2D eigenvalue weighted by Gasteiger charge is 2.40. The number of epoxide rings is 1. The number of H-pyrrole nitrogens is 2. The first-order valence-electron chi connectivity index (χ1n) is 25.3. The van der Waals surface area contributed by atoms with E-state index in [-0.39, 0.29) is 70.2 Å². The van der Waals surface area contributed by atoms with Gasteiger partial charge in [0, 0.05) is 74.8 Å². The minimum atomic E-state index is -1.33. The average molecular weight is 1020 g/mol. The predicted octanol–water partition coefficient (Wildman–Crippen LogP) is 0.469. The zero-order chi connectivity index (χ0) is 52.6. The molecule has 22 nitrogen and oxygen atoms in total. The molecule has 3 unspecified atom stereocenters. The van der Waals surface area contributed by atoms with Crippen molar-refractivity contribution in [2.75, 3.05) is 19.6 Å². The maximum absolute atomic E-state index is 14.9. The Morgan fingerprint density at radius 1 is 0.784 bits per heavy atom. The quantitative estimate of drug-likeness (QED) is 0.0278. The van der Waals surface area contributed by atoms with E-state index in [4.69, 9.17) is 16.2 Å². The Labute approximate surface area is 428 Å². The Morgan fingerprint density at radius 2 is 1.49 bits per heavy atom. The Kier molecular flexibility index (Phi) is 19.1. The van der Waals surface area contributed by atoms with Gasteiger partial charge in [0.05, 0.1) is 12.4 Å². The van der Waals surface area contributed by atoms with Crippen molar-refractivity contribution >= 4 is 69.0 Å². The van der Waals surface area contributed by atoms with Crippen molar-refractivity contribution < 1.29 is 38.3 Å². The highest BCUT2D eigenvalue weighted by Crippen LogP contribution is 2.25. The zero-order valence-corrected chi connectivity index (χ0v) is 41.7. The van der Waals surface area contributed by atoms with Gasteiger partial charge in [-0.1, -0.05) is 80.4 Å². The maximum atomic E-state index is 14.9. The van der Waals surface area contributed by atoms with Gasteiger partial charge in [-0.05, 0) is 60.1 Å². The predicted molar refractivity (Wildman–Crippen MR) is 278 cm³/mol. The number of aromatic amines is 2. The lowest BCUT2D eigenvalue weighted by atomic mass is 9.99. The molecule has 2 aliphatic rings. The molecule has 2 fully saturated rings. The summed E-state index contributed by atoms with van der Waals surface area (Å²) in [5, 5.41) is 25.9. The lowest BCUT2D eigenvalue weighted by Crippen LogP contribution is -2.60. The molecule has 14 N–H and O–H groups in total. The summed E-state index contributed by atoms with van der Waals surface area (Å²) in [6.07, 6.45) is 6.28. The summed E-state index contributed by atoms with van der Waals surface area (Å²) in [7, 11) is 0. The fraction of sp³-hybridized carbons (Fsp3) is 0.442. The largest absolute Gasteiger partial charge is 0.370 e. The van der Waals surface area contributed by atoms with Gasteiger partial charge in [0.15, 0.2) is 5.96 Å². The number of guanidine groups is 1. The minimum Gasteiger partial charge on any atom is -0.370 e. The first-order valence-corrected chi connectivity index (χ1v) is 25.3. The normalized spacial score (nSPS) is 22.8. The number of imidazole rings is 1. The molecule has 394 valence electrons. The zero-order valence-electron chi connectivity index (χ0n) is 41.7. The van der Waals surface area contributed by atoms with Gasteiger partial charge in [0.1, 0.15) is 42.5 Å². The van der Waals surface area contributed by atoms with Gasteiger partial charge in [-0.3, -0.25) is 43.9 Å². The van der Waals surface area contributed by atoms with Crippen LogP contribution in [0, 0.1) is 0 Å². The molecule has 7 amide bonds. The third-order valence-corrected chi connectivity index (χ3v) is 13.1. The number of carbonyl (C=O) groups is 7. The van der Waals surface area contributed by atoms with E-state index in [1.807, 2.05) is 73.7 Å². The molecule has 0 radical (unpaired) electrons. The van der Waals surface area contributed by atoms with Crippen molar-refractivity contribution in [1.82, 2.24) is 57.5 Å². The van der Waals surface area contributed by atoms with E-state index in [1.165, 1.54) is 19.4 Å². The van der Waals surface area contributed by atoms with Crippen LogP contribution in [0.15, 0.2) is 90.4 Å². The molecule has 7 rings (SSSR count). The molecule has 0 saturated carbocycles. The van der Waals surface area contributed by atoms with Gasteiger partial charge >= 0.3 is 0 Å². The van der Waals surface area contributed by atoms with Gasteiger partial charge in [-0.25, -0.2) is 4.98 Å². The molecular weight excluding hydrogens is 949 g/mol. The molecule has 8 atom stereocenters. The SMILES string of the molecule is CCCC[C@H](NC(C)=O)C(=O)N[C@H]1CCC2OC2NCCNC(=O)[C@@H](Cc2c[nH]c3ccccc23)NC(=O)[C@H](CCCN=C(N)N)NC(=O)[C@@H](Cc2ccc3ccccc3c2)NC(=O)C(Cc2cnc[nH]2)NC1=O. The third-order valence-electron chi connectivity index (χ3n) is 13.1. The summed E-state index contributed by atoms with van der Waals surface area (Å²) in [5.74, 6) is -4.45. The van der Waals surface area contributed by atoms with Crippen molar-refractivity contribution in [2.45, 2.75) is 127 Å². The molecule has 0 aliphatic carbocycles. The summed E-state index contributed by atoms with van der Waals surface area (Å²) >= 11 is 0. The summed E-state index contributed by atoms with van der Waals surface area (Å²) in [6, 6.07) is 13.8. The lowest BCUT2D eigenvalue weighted by molar-refractivity contribution is -0.135. The molecule has 4 heterocycles. The van der Waals surface area contributed by atoms with E-state index in [1.54, 1.807) is 6.20 Å². The van der Waals surface area contributed by atoms with E-state index in [9.17, 15) is 33.6 Å². The molecule has 0 spiro atoms. The number of rotatable bonds is 16. The number of amides is 7. The Hall–Kier alpha value is -7.85. The summed E-state index contributed by atoms with van der Waals surface area (Å²) in [4.78, 5) is 113. The molecule has 3 aromatic carbocycles. The van der Waals surface area contributed by atoms with Gasteiger partial charge < -0.3 is 63.4 Å². The number of nitrogens with one attached hydrogen (secondary N) is 10. The van der Waals surface area contributed by atoms with Crippen molar-refractivity contribution in [2.24, 2.45) is 16.5 Å². The second-order valence-electron chi connectivity index (χ2n) is 18.8. The van der Waals surface area contributed by atoms with Crippen LogP contribution in [0.5, 0.6) is 0 Å². The Bertz CT molecular complexity index is 2780. The summed E-state index contributed by atoms with van der Waals surface area (Å²) in [5.41, 5.74) is 14.0. The number of aliphatic imine (C=N–C) groups is 1. The van der Waals surface area contributed by atoms with Crippen molar-refractivity contribution in [3.05, 3.63) is 102 Å². The summed E-state index contributed by atoms with van der Waals surface area (Å²) in [6.45, 7) is 3.83.